The van der Waals surface area contributed by atoms with E-state index < -0.39 is 4.92 Å². The molecular weight excluding hydrogens is 2540 g/mol. The summed E-state index contributed by atoms with van der Waals surface area (Å²) < 4.78 is 14.5. The van der Waals surface area contributed by atoms with Crippen LogP contribution in [0.3, 0.4) is 0 Å². The summed E-state index contributed by atoms with van der Waals surface area (Å²) in [5.41, 5.74) is 18.7. The van der Waals surface area contributed by atoms with Gasteiger partial charge in [0.2, 0.25) is 5.52 Å². The topological polar surface area (TPSA) is 85.3 Å². The summed E-state index contributed by atoms with van der Waals surface area (Å²) in [7, 11) is 0. The van der Waals surface area contributed by atoms with Crippen molar-refractivity contribution in [1.82, 2.24) is 10.3 Å². The highest BCUT2D eigenvalue weighted by atomic mass is 79.9. The molecule has 17 aromatic rings. The zero-order chi connectivity index (χ0) is 97.3. The third-order valence-corrected chi connectivity index (χ3v) is 46.0. The second-order valence-corrected chi connectivity index (χ2v) is 57.7. The van der Waals surface area contributed by atoms with Crippen molar-refractivity contribution < 1.29 is 9.55 Å². The van der Waals surface area contributed by atoms with Crippen molar-refractivity contribution in [3.63, 3.8) is 0 Å². The fraction of sp³-hybridized carbons (Fsp3) is 0.143. The predicted octanol–water partition coefficient (Wildman–Crippen LogP) is 42.2. The van der Waals surface area contributed by atoms with Crippen LogP contribution in [-0.4, -0.2) is 21.8 Å². The molecule has 7 nitrogen and oxygen atoms in total. The number of rotatable bonds is 46. The molecule has 0 bridgehead atoms. The number of nitro benzene ring substituents is 1. The third kappa shape index (κ3) is 32.2. The van der Waals surface area contributed by atoms with Crippen LogP contribution in [0.2, 0.25) is 0 Å². The van der Waals surface area contributed by atoms with E-state index in [4.69, 9.17) is 4.63 Å². The van der Waals surface area contributed by atoms with Crippen molar-refractivity contribution >= 4 is 315 Å². The molecule has 29 heteroatoms. The molecule has 0 aliphatic heterocycles. The molecular formula is C112H88Br8N4O3S14. The fourth-order valence-electron chi connectivity index (χ4n) is 14.7. The highest BCUT2D eigenvalue weighted by Crippen LogP contribution is 2.55. The van der Waals surface area contributed by atoms with Crippen molar-refractivity contribution in [2.45, 2.75) is 119 Å². The Morgan fingerprint density at radius 1 is 0.248 bits per heavy atom. The molecule has 0 unspecified atom stereocenters. The lowest BCUT2D eigenvalue weighted by atomic mass is 10.1. The second kappa shape index (κ2) is 54.3. The number of thioether (sulfide) groups is 14. The molecule has 0 amide bonds. The molecule has 1 heterocycles. The molecule has 714 valence electrons. The molecule has 0 atom stereocenters. The number of nitrogens with zero attached hydrogens (tertiary/aromatic N) is 4. The minimum absolute atomic E-state index is 0.0653. The Balaban J connectivity index is 0.631. The van der Waals surface area contributed by atoms with E-state index in [1.807, 2.05) is 165 Å². The van der Waals surface area contributed by atoms with E-state index in [1.54, 1.807) is 6.07 Å². The van der Waals surface area contributed by atoms with Crippen LogP contribution >= 0.6 is 292 Å². The second-order valence-electron chi connectivity index (χ2n) is 32.3. The van der Waals surface area contributed by atoms with Gasteiger partial charge in [0.1, 0.15) is 0 Å². The Morgan fingerprint density at radius 2 is 0.433 bits per heavy atom. The number of fused-ring (bicyclic) bond motifs is 1. The Labute approximate surface area is 952 Å². The van der Waals surface area contributed by atoms with Gasteiger partial charge >= 0.3 is 5.69 Å². The summed E-state index contributed by atoms with van der Waals surface area (Å²) in [5.74, 6) is 4.96. The number of anilines is 1. The monoisotopic (exact) mass is 2620 g/mol. The van der Waals surface area contributed by atoms with Crippen LogP contribution in [0.5, 0.6) is 0 Å². The molecule has 1 aromatic heterocycles. The van der Waals surface area contributed by atoms with Gasteiger partial charge in [-0.2, -0.15) is 0 Å². The number of halogens is 8. The molecule has 0 saturated carbocycles. The Morgan fingerprint density at radius 3 is 0.624 bits per heavy atom. The van der Waals surface area contributed by atoms with Crippen LogP contribution in [0.15, 0.2) is 456 Å². The Hall–Kier alpha value is -5.14. The van der Waals surface area contributed by atoms with Gasteiger partial charge in [0.05, 0.1) is 42.7 Å². The van der Waals surface area contributed by atoms with Crippen LogP contribution in [0.25, 0.3) is 11.0 Å². The fourth-order valence-corrected chi connectivity index (χ4v) is 34.6. The van der Waals surface area contributed by atoms with E-state index in [-0.39, 0.29) is 43.3 Å². The molecule has 0 fully saturated rings. The maximum Gasteiger partial charge on any atom is 0.300 e. The molecule has 16 aromatic carbocycles. The zero-order valence-electron chi connectivity index (χ0n) is 75.2. The molecule has 0 radical (unpaired) electrons. The molecule has 0 aliphatic rings. The van der Waals surface area contributed by atoms with Crippen LogP contribution in [0, 0.1) is 10.1 Å². The quantitative estimate of drug-likeness (QED) is 0.0157. The lowest BCUT2D eigenvalue weighted by Gasteiger charge is -2.24. The minimum Gasteiger partial charge on any atom is -0.366 e. The molecule has 17 rings (SSSR count). The van der Waals surface area contributed by atoms with E-state index in [1.165, 1.54) is 118 Å². The van der Waals surface area contributed by atoms with E-state index in [9.17, 15) is 10.1 Å². The minimum atomic E-state index is -0.442. The molecule has 141 heavy (non-hydrogen) atoms. The van der Waals surface area contributed by atoms with Crippen molar-refractivity contribution in [2.75, 3.05) is 11.4 Å². The molecule has 0 aliphatic carbocycles. The van der Waals surface area contributed by atoms with Gasteiger partial charge < -0.3 is 4.90 Å². The average molecular weight is 2630 g/mol. The maximum absolute atomic E-state index is 12.1. The molecule has 0 N–H and O–H groups in total. The first-order valence-electron chi connectivity index (χ1n) is 44.6. The number of hydrogen-bond acceptors (Lipinski definition) is 20. The van der Waals surface area contributed by atoms with Gasteiger partial charge in [0, 0.05) is 129 Å². The Kier molecular flexibility index (Phi) is 41.3. The molecule has 0 spiro atoms. The lowest BCUT2D eigenvalue weighted by molar-refractivity contribution is -0.383. The number of hydrogen-bond donors (Lipinski definition) is 0. The largest absolute Gasteiger partial charge is 0.366 e. The van der Waals surface area contributed by atoms with Crippen molar-refractivity contribution in [3.05, 3.63) is 500 Å². The number of non-ortho nitro benzene ring substituents is 1. The normalized spacial score (nSPS) is 11.7. The number of benzene rings is 16. The van der Waals surface area contributed by atoms with E-state index in [2.05, 4.69) is 514 Å². The van der Waals surface area contributed by atoms with Crippen molar-refractivity contribution in [1.29, 1.82) is 0 Å². The lowest BCUT2D eigenvalue weighted by Crippen LogP contribution is -2.22. The number of nitro groups is 1. The Bertz CT molecular complexity index is 6050. The first-order chi connectivity index (χ1) is 68.8. The summed E-state index contributed by atoms with van der Waals surface area (Å²) in [6, 6.07) is 138. The van der Waals surface area contributed by atoms with Gasteiger partial charge in [-0.25, -0.2) is 4.63 Å². The van der Waals surface area contributed by atoms with Gasteiger partial charge in [-0.3, -0.25) is 10.1 Å². The number of aromatic nitrogens is 2. The zero-order valence-corrected chi connectivity index (χ0v) is 99.4. The third-order valence-electron chi connectivity index (χ3n) is 22.3. The van der Waals surface area contributed by atoms with Gasteiger partial charge in [-0.05, 0) is 295 Å². The van der Waals surface area contributed by atoms with Crippen molar-refractivity contribution in [3.8, 4) is 0 Å². The van der Waals surface area contributed by atoms with Crippen LogP contribution in [0.1, 0.15) is 117 Å². The first kappa shape index (κ1) is 107. The maximum atomic E-state index is 12.1. The van der Waals surface area contributed by atoms with E-state index in [0.717, 1.165) is 81.5 Å². The first-order valence-corrected chi connectivity index (χ1v) is 64.3. The van der Waals surface area contributed by atoms with Crippen LogP contribution in [-0.2, 0) is 41.1 Å². The van der Waals surface area contributed by atoms with Crippen molar-refractivity contribution in [2.24, 2.45) is 0 Å². The predicted molar refractivity (Wildman–Crippen MR) is 647 cm³/mol. The standard InChI is InChI=1S/C112H88Br8N4O3S14/c1-2-123(102-63-64-103(124(125)126)105-104(102)121-127-122-105)65-72-3-17-79(18-4-72)106(128-66-73-5-19-80(20-6-73)107(130-68-75-9-23-82(24-10-75)109(134-94-47-31-86(113)32-48-94)135-95-49-33-87(114)34-50-95)131-69-76-11-25-83(26-12-76)110(136-96-51-35-88(115)36-52-96)137-97-53-37-89(116)38-54-97)129-67-74-7-21-81(22-8-74)108(132-70-77-13-27-84(28-14-77)111(138-98-55-39-90(117)40-56-98)139-99-57-41-91(118)42-58-99)133-71-78-15-29-85(30-16-78)112(140-100-59-43-92(119)44-60-100)141-101-61-45-93(120)46-62-101/h3-64,106-112H,2,65-71H2,1H3. The van der Waals surface area contributed by atoms with Gasteiger partial charge in [0.15, 0.2) is 5.52 Å². The summed E-state index contributed by atoms with van der Waals surface area (Å²) >= 11 is 56.2. The smallest absolute Gasteiger partial charge is 0.300 e. The highest BCUT2D eigenvalue weighted by molar-refractivity contribution is 9.11. The van der Waals surface area contributed by atoms with E-state index in [0.29, 0.717) is 18.6 Å². The summed E-state index contributed by atoms with van der Waals surface area (Å²) in [6.45, 7) is 3.26. The summed E-state index contributed by atoms with van der Waals surface area (Å²) in [6.07, 6.45) is 0. The highest BCUT2D eigenvalue weighted by Gasteiger charge is 2.27. The summed E-state index contributed by atoms with van der Waals surface area (Å²) in [4.78, 5) is 23.6. The van der Waals surface area contributed by atoms with Gasteiger partial charge in [-0.1, -0.05) is 297 Å². The molecule has 0 saturated heterocycles. The van der Waals surface area contributed by atoms with Crippen LogP contribution in [0.4, 0.5) is 11.4 Å². The van der Waals surface area contributed by atoms with Gasteiger partial charge in [0.25, 0.3) is 0 Å². The summed E-state index contributed by atoms with van der Waals surface area (Å²) in [5, 5.41) is 20.2. The average Bonchev–Trinajstić information content (AvgIpc) is 1.68. The van der Waals surface area contributed by atoms with Crippen LogP contribution < -0.4 is 4.90 Å². The van der Waals surface area contributed by atoms with E-state index >= 15 is 0 Å². The van der Waals surface area contributed by atoms with Gasteiger partial charge in [-0.15, -0.1) is 165 Å². The SMILES string of the molecule is CCN(Cc1ccc(C(SCc2ccc(C(SCc3ccc(C(Sc4ccc(Br)cc4)Sc4ccc(Br)cc4)cc3)SCc3ccc(C(Sc4ccc(Br)cc4)Sc4ccc(Br)cc4)cc3)cc2)SCc2ccc(C(SCc3ccc(C(Sc4ccc(Br)cc4)Sc4ccc(Br)cc4)cc3)SCc3ccc(C(Sc4ccc(Br)cc4)Sc4ccc(Br)cc4)cc3)cc2)cc1)c1ccc([N+](=O)[O-])c2nonc12.